The Bertz CT molecular complexity index is 498. The first-order chi connectivity index (χ1) is 8.61. The van der Waals surface area contributed by atoms with Gasteiger partial charge in [-0.1, -0.05) is 0 Å². The lowest BCUT2D eigenvalue weighted by Gasteiger charge is -2.31. The van der Waals surface area contributed by atoms with Crippen LogP contribution in [-0.2, 0) is 7.05 Å². The number of rotatable bonds is 2. The summed E-state index contributed by atoms with van der Waals surface area (Å²) >= 11 is 5.85. The van der Waals surface area contributed by atoms with Gasteiger partial charge in [0.05, 0.1) is 0 Å². The van der Waals surface area contributed by atoms with Crippen molar-refractivity contribution in [2.45, 2.75) is 12.8 Å². The number of piperidine rings is 1. The third-order valence-electron chi connectivity index (χ3n) is 3.38. The van der Waals surface area contributed by atoms with Crippen molar-refractivity contribution in [2.24, 2.45) is 13.0 Å². The average molecular weight is 269 g/mol. The summed E-state index contributed by atoms with van der Waals surface area (Å²) in [6.45, 7) is 1.44. The third kappa shape index (κ3) is 2.75. The summed E-state index contributed by atoms with van der Waals surface area (Å²) in [4.78, 5) is 25.6. The highest BCUT2D eigenvalue weighted by molar-refractivity contribution is 6.18. The maximum Gasteiger partial charge on any atom is 0.254 e. The molecule has 1 aromatic rings. The van der Waals surface area contributed by atoms with Gasteiger partial charge in [0, 0.05) is 43.8 Å². The number of amides is 1. The lowest BCUT2D eigenvalue weighted by molar-refractivity contribution is 0.0684. The van der Waals surface area contributed by atoms with E-state index in [4.69, 9.17) is 11.6 Å². The molecule has 0 bridgehead atoms. The second kappa shape index (κ2) is 5.57. The minimum absolute atomic E-state index is 0.0671. The van der Waals surface area contributed by atoms with E-state index in [0.29, 0.717) is 23.9 Å². The highest BCUT2D eigenvalue weighted by Gasteiger charge is 2.24. The zero-order chi connectivity index (χ0) is 13.1. The number of hydrogen-bond acceptors (Lipinski definition) is 2. The number of hydrogen-bond donors (Lipinski definition) is 0. The van der Waals surface area contributed by atoms with Crippen molar-refractivity contribution in [3.05, 3.63) is 34.2 Å². The fourth-order valence-corrected chi connectivity index (χ4v) is 2.49. The topological polar surface area (TPSA) is 42.3 Å². The predicted molar refractivity (Wildman–Crippen MR) is 71.0 cm³/mol. The van der Waals surface area contributed by atoms with Crippen molar-refractivity contribution in [3.8, 4) is 0 Å². The van der Waals surface area contributed by atoms with E-state index >= 15 is 0 Å². The molecule has 1 fully saturated rings. The molecule has 0 radical (unpaired) electrons. The van der Waals surface area contributed by atoms with Crippen LogP contribution in [0.3, 0.4) is 0 Å². The standard InChI is InChI=1S/C13H17ClN2O2/c1-15-6-4-11(7-12(15)17)13(18)16-5-2-3-10(8-14)9-16/h4,6-7,10H,2-3,5,8-9H2,1H3. The molecule has 0 aromatic carbocycles. The molecule has 5 heteroatoms. The number of halogens is 1. The van der Waals surface area contributed by atoms with Gasteiger partial charge in [0.2, 0.25) is 0 Å². The van der Waals surface area contributed by atoms with Gasteiger partial charge in [0.15, 0.2) is 0 Å². The fourth-order valence-electron chi connectivity index (χ4n) is 2.24. The molecule has 18 heavy (non-hydrogen) atoms. The molecule has 0 saturated carbocycles. The van der Waals surface area contributed by atoms with Crippen molar-refractivity contribution in [2.75, 3.05) is 19.0 Å². The number of pyridine rings is 1. The van der Waals surface area contributed by atoms with E-state index in [-0.39, 0.29) is 11.5 Å². The van der Waals surface area contributed by atoms with Crippen LogP contribution in [0.15, 0.2) is 23.1 Å². The molecular weight excluding hydrogens is 252 g/mol. The highest BCUT2D eigenvalue weighted by Crippen LogP contribution is 2.19. The third-order valence-corrected chi connectivity index (χ3v) is 3.81. The number of carbonyl (C=O) groups excluding carboxylic acids is 1. The second-order valence-corrected chi connectivity index (χ2v) is 5.09. The Labute approximate surface area is 111 Å². The Morgan fingerprint density at radius 3 is 3.00 bits per heavy atom. The molecule has 1 unspecified atom stereocenters. The van der Waals surface area contributed by atoms with E-state index in [2.05, 4.69) is 0 Å². The van der Waals surface area contributed by atoms with Crippen molar-refractivity contribution >= 4 is 17.5 Å². The van der Waals surface area contributed by atoms with Gasteiger partial charge >= 0.3 is 0 Å². The Kier molecular flexibility index (Phi) is 4.07. The number of nitrogens with zero attached hydrogens (tertiary/aromatic N) is 2. The first kappa shape index (κ1) is 13.1. The molecule has 0 spiro atoms. The Hall–Kier alpha value is -1.29. The molecule has 1 saturated heterocycles. The van der Waals surface area contributed by atoms with Gasteiger partial charge in [-0.05, 0) is 24.8 Å². The van der Waals surface area contributed by atoms with E-state index in [9.17, 15) is 9.59 Å². The van der Waals surface area contributed by atoms with Crippen LogP contribution in [0, 0.1) is 5.92 Å². The lowest BCUT2D eigenvalue weighted by atomic mass is 9.99. The smallest absolute Gasteiger partial charge is 0.254 e. The molecule has 2 heterocycles. The quantitative estimate of drug-likeness (QED) is 0.763. The van der Waals surface area contributed by atoms with Crippen molar-refractivity contribution in [1.82, 2.24) is 9.47 Å². The maximum atomic E-state index is 12.3. The van der Waals surface area contributed by atoms with Gasteiger partial charge < -0.3 is 9.47 Å². The summed E-state index contributed by atoms with van der Waals surface area (Å²) in [5, 5.41) is 0. The van der Waals surface area contributed by atoms with Gasteiger partial charge in [0.25, 0.3) is 11.5 Å². The Morgan fingerprint density at radius 1 is 1.56 bits per heavy atom. The molecule has 1 aliphatic rings. The highest BCUT2D eigenvalue weighted by atomic mass is 35.5. The maximum absolute atomic E-state index is 12.3. The summed E-state index contributed by atoms with van der Waals surface area (Å²) < 4.78 is 1.45. The minimum Gasteiger partial charge on any atom is -0.338 e. The van der Waals surface area contributed by atoms with E-state index in [1.165, 1.54) is 10.6 Å². The van der Waals surface area contributed by atoms with E-state index in [1.807, 2.05) is 0 Å². The number of aromatic nitrogens is 1. The zero-order valence-corrected chi connectivity index (χ0v) is 11.2. The molecule has 1 amide bonds. The molecule has 1 aromatic heterocycles. The van der Waals surface area contributed by atoms with Gasteiger partial charge in [-0.2, -0.15) is 0 Å². The number of alkyl halides is 1. The van der Waals surface area contributed by atoms with Crippen LogP contribution >= 0.6 is 11.6 Å². The van der Waals surface area contributed by atoms with Crippen LogP contribution < -0.4 is 5.56 Å². The molecule has 0 aliphatic carbocycles. The predicted octanol–water partition coefficient (Wildman–Crippen LogP) is 1.48. The zero-order valence-electron chi connectivity index (χ0n) is 10.4. The number of aryl methyl sites for hydroxylation is 1. The van der Waals surface area contributed by atoms with Crippen LogP contribution in [0.25, 0.3) is 0 Å². The van der Waals surface area contributed by atoms with Crippen molar-refractivity contribution < 1.29 is 4.79 Å². The number of likely N-dealkylation sites (tertiary alicyclic amines) is 1. The van der Waals surface area contributed by atoms with Crippen molar-refractivity contribution in [3.63, 3.8) is 0 Å². The lowest BCUT2D eigenvalue weighted by Crippen LogP contribution is -2.40. The molecule has 0 N–H and O–H groups in total. The van der Waals surface area contributed by atoms with Gasteiger partial charge in [-0.3, -0.25) is 9.59 Å². The second-order valence-electron chi connectivity index (χ2n) is 4.78. The summed E-state index contributed by atoms with van der Waals surface area (Å²) in [6, 6.07) is 3.08. The van der Waals surface area contributed by atoms with E-state index in [0.717, 1.165) is 19.4 Å². The fraction of sp³-hybridized carbons (Fsp3) is 0.538. The van der Waals surface area contributed by atoms with Crippen LogP contribution in [0.5, 0.6) is 0 Å². The van der Waals surface area contributed by atoms with Crippen LogP contribution in [-0.4, -0.2) is 34.3 Å². The average Bonchev–Trinajstić information content (AvgIpc) is 2.41. The van der Waals surface area contributed by atoms with Crippen LogP contribution in [0.4, 0.5) is 0 Å². The molecule has 98 valence electrons. The van der Waals surface area contributed by atoms with Gasteiger partial charge in [0.1, 0.15) is 0 Å². The largest absolute Gasteiger partial charge is 0.338 e. The Balaban J connectivity index is 2.15. The van der Waals surface area contributed by atoms with Crippen molar-refractivity contribution in [1.29, 1.82) is 0 Å². The van der Waals surface area contributed by atoms with Gasteiger partial charge in [-0.15, -0.1) is 11.6 Å². The summed E-state index contributed by atoms with van der Waals surface area (Å²) in [5.74, 6) is 0.888. The molecule has 1 aliphatic heterocycles. The van der Waals surface area contributed by atoms with Crippen LogP contribution in [0.2, 0.25) is 0 Å². The Morgan fingerprint density at radius 2 is 2.33 bits per heavy atom. The SMILES string of the molecule is Cn1ccc(C(=O)N2CCCC(CCl)C2)cc1=O. The van der Waals surface area contributed by atoms with Crippen LogP contribution in [0.1, 0.15) is 23.2 Å². The van der Waals surface area contributed by atoms with Gasteiger partial charge in [-0.25, -0.2) is 0 Å². The monoisotopic (exact) mass is 268 g/mol. The first-order valence-electron chi connectivity index (χ1n) is 6.13. The first-order valence-corrected chi connectivity index (χ1v) is 6.67. The summed E-state index contributed by atoms with van der Waals surface area (Å²) in [5.41, 5.74) is 0.306. The molecule has 2 rings (SSSR count). The molecular formula is C13H17ClN2O2. The summed E-state index contributed by atoms with van der Waals surface area (Å²) in [6.07, 6.45) is 3.68. The van der Waals surface area contributed by atoms with E-state index in [1.54, 1.807) is 24.2 Å². The molecule has 4 nitrogen and oxygen atoms in total. The van der Waals surface area contributed by atoms with E-state index < -0.39 is 0 Å². The summed E-state index contributed by atoms with van der Waals surface area (Å²) in [7, 11) is 1.67. The minimum atomic E-state index is -0.160. The molecule has 1 atom stereocenters. The number of carbonyl (C=O) groups is 1. The normalized spacial score (nSPS) is 19.9.